The molecule has 1 N–H and O–H groups in total. The van der Waals surface area contributed by atoms with Crippen LogP contribution in [0, 0.1) is 5.82 Å². The molecule has 4 aromatic rings. The van der Waals surface area contributed by atoms with E-state index in [0.717, 1.165) is 45.3 Å². The summed E-state index contributed by atoms with van der Waals surface area (Å²) in [6.07, 6.45) is 2.99. The van der Waals surface area contributed by atoms with Crippen LogP contribution in [0.2, 0.25) is 0 Å². The minimum absolute atomic E-state index is 0.256. The molecule has 2 aromatic heterocycles. The molecule has 4 rings (SSSR count). The SMILES string of the molecule is CCCSc1nnc(-c2c[nH]c3ccccc23)n1-c1ccc(F)cc1. The highest BCUT2D eigenvalue weighted by Crippen LogP contribution is 2.32. The Hall–Kier alpha value is -2.60. The summed E-state index contributed by atoms with van der Waals surface area (Å²) in [6, 6.07) is 14.5. The van der Waals surface area contributed by atoms with Crippen molar-refractivity contribution in [2.45, 2.75) is 18.5 Å². The first-order valence-electron chi connectivity index (χ1n) is 8.18. The molecular formula is C19H17FN4S. The van der Waals surface area contributed by atoms with Gasteiger partial charge in [-0.15, -0.1) is 10.2 Å². The van der Waals surface area contributed by atoms with Gasteiger partial charge in [-0.2, -0.15) is 0 Å². The molecule has 2 heterocycles. The maximum atomic E-state index is 13.4. The fourth-order valence-electron chi connectivity index (χ4n) is 2.81. The molecule has 0 fully saturated rings. The molecule has 0 amide bonds. The number of thioether (sulfide) groups is 1. The summed E-state index contributed by atoms with van der Waals surface area (Å²) >= 11 is 1.65. The number of fused-ring (bicyclic) bond motifs is 1. The zero-order valence-electron chi connectivity index (χ0n) is 13.7. The standard InChI is InChI=1S/C19H17FN4S/c1-2-11-25-19-23-22-18(24(19)14-9-7-13(20)8-10-14)16-12-21-17-6-4-3-5-15(16)17/h3-10,12,21H,2,11H2,1H3. The molecule has 0 saturated carbocycles. The molecule has 0 spiro atoms. The number of nitrogens with one attached hydrogen (secondary N) is 1. The topological polar surface area (TPSA) is 46.5 Å². The minimum atomic E-state index is -0.256. The lowest BCUT2D eigenvalue weighted by molar-refractivity contribution is 0.627. The van der Waals surface area contributed by atoms with Crippen molar-refractivity contribution in [3.8, 4) is 17.1 Å². The second-order valence-electron chi connectivity index (χ2n) is 5.71. The molecule has 2 aromatic carbocycles. The predicted molar refractivity (Wildman–Crippen MR) is 99.6 cm³/mol. The quantitative estimate of drug-likeness (QED) is 0.511. The van der Waals surface area contributed by atoms with E-state index in [1.165, 1.54) is 12.1 Å². The second kappa shape index (κ2) is 6.72. The van der Waals surface area contributed by atoms with Crippen LogP contribution in [0.3, 0.4) is 0 Å². The smallest absolute Gasteiger partial charge is 0.196 e. The highest BCUT2D eigenvalue weighted by molar-refractivity contribution is 7.99. The van der Waals surface area contributed by atoms with E-state index in [4.69, 9.17) is 0 Å². The van der Waals surface area contributed by atoms with E-state index in [9.17, 15) is 4.39 Å². The van der Waals surface area contributed by atoms with E-state index in [2.05, 4.69) is 28.2 Å². The van der Waals surface area contributed by atoms with Crippen LogP contribution in [0.5, 0.6) is 0 Å². The average molecular weight is 352 g/mol. The third kappa shape index (κ3) is 2.93. The molecule has 4 nitrogen and oxygen atoms in total. The van der Waals surface area contributed by atoms with Gasteiger partial charge in [-0.3, -0.25) is 4.57 Å². The number of hydrogen-bond donors (Lipinski definition) is 1. The van der Waals surface area contributed by atoms with Gasteiger partial charge in [-0.25, -0.2) is 4.39 Å². The third-order valence-electron chi connectivity index (χ3n) is 3.98. The first-order valence-corrected chi connectivity index (χ1v) is 9.17. The van der Waals surface area contributed by atoms with E-state index >= 15 is 0 Å². The zero-order chi connectivity index (χ0) is 17.2. The maximum absolute atomic E-state index is 13.4. The van der Waals surface area contributed by atoms with Gasteiger partial charge in [-0.1, -0.05) is 36.9 Å². The molecule has 0 aliphatic rings. The highest BCUT2D eigenvalue weighted by atomic mass is 32.2. The normalized spacial score (nSPS) is 11.3. The number of halogens is 1. The van der Waals surface area contributed by atoms with Gasteiger partial charge in [0, 0.05) is 34.1 Å². The van der Waals surface area contributed by atoms with Gasteiger partial charge in [0.25, 0.3) is 0 Å². The molecule has 0 bridgehead atoms. The number of aromatic nitrogens is 4. The van der Waals surface area contributed by atoms with Crippen molar-refractivity contribution >= 4 is 22.7 Å². The Labute approximate surface area is 149 Å². The van der Waals surface area contributed by atoms with Crippen LogP contribution < -0.4 is 0 Å². The monoisotopic (exact) mass is 352 g/mol. The lowest BCUT2D eigenvalue weighted by atomic mass is 10.1. The maximum Gasteiger partial charge on any atom is 0.196 e. The van der Waals surface area contributed by atoms with E-state index in [1.807, 2.05) is 29.0 Å². The first kappa shape index (κ1) is 15.9. The van der Waals surface area contributed by atoms with Crippen molar-refractivity contribution < 1.29 is 4.39 Å². The summed E-state index contributed by atoms with van der Waals surface area (Å²) in [7, 11) is 0. The molecule has 0 aliphatic carbocycles. The molecule has 0 radical (unpaired) electrons. The first-order chi connectivity index (χ1) is 12.3. The number of para-hydroxylation sites is 1. The van der Waals surface area contributed by atoms with Crippen LogP contribution in [0.15, 0.2) is 59.9 Å². The van der Waals surface area contributed by atoms with Crippen LogP contribution in [0.1, 0.15) is 13.3 Å². The van der Waals surface area contributed by atoms with Crippen molar-refractivity contribution in [1.82, 2.24) is 19.7 Å². The van der Waals surface area contributed by atoms with Crippen molar-refractivity contribution in [1.29, 1.82) is 0 Å². The number of benzene rings is 2. The summed E-state index contributed by atoms with van der Waals surface area (Å²) < 4.78 is 15.4. The Bertz CT molecular complexity index is 1000. The molecule has 0 unspecified atom stereocenters. The Morgan fingerprint density at radius 1 is 1.08 bits per heavy atom. The van der Waals surface area contributed by atoms with E-state index in [-0.39, 0.29) is 5.82 Å². The minimum Gasteiger partial charge on any atom is -0.360 e. The number of rotatable bonds is 5. The largest absolute Gasteiger partial charge is 0.360 e. The number of aromatic amines is 1. The van der Waals surface area contributed by atoms with Gasteiger partial charge in [0.1, 0.15) is 5.82 Å². The summed E-state index contributed by atoms with van der Waals surface area (Å²) in [5.41, 5.74) is 2.88. The lowest BCUT2D eigenvalue weighted by Crippen LogP contribution is -2.00. The molecule has 0 aliphatic heterocycles. The van der Waals surface area contributed by atoms with Crippen molar-refractivity contribution in [3.63, 3.8) is 0 Å². The van der Waals surface area contributed by atoms with Gasteiger partial charge in [0.05, 0.1) is 0 Å². The van der Waals surface area contributed by atoms with Gasteiger partial charge >= 0.3 is 0 Å². The summed E-state index contributed by atoms with van der Waals surface area (Å²) in [6.45, 7) is 2.13. The Morgan fingerprint density at radius 2 is 1.88 bits per heavy atom. The molecule has 25 heavy (non-hydrogen) atoms. The molecule has 0 atom stereocenters. The lowest BCUT2D eigenvalue weighted by Gasteiger charge is -2.09. The fourth-order valence-corrected chi connectivity index (χ4v) is 3.62. The Kier molecular flexibility index (Phi) is 4.28. The fraction of sp³-hybridized carbons (Fsp3) is 0.158. The van der Waals surface area contributed by atoms with Crippen LogP contribution in [-0.2, 0) is 0 Å². The predicted octanol–water partition coefficient (Wildman–Crippen LogP) is 5.06. The summed E-state index contributed by atoms with van der Waals surface area (Å²) in [5.74, 6) is 1.45. The van der Waals surface area contributed by atoms with Crippen LogP contribution >= 0.6 is 11.8 Å². The molecule has 6 heteroatoms. The summed E-state index contributed by atoms with van der Waals surface area (Å²) in [5, 5.41) is 10.7. The average Bonchev–Trinajstić information content (AvgIpc) is 3.24. The zero-order valence-corrected chi connectivity index (χ0v) is 14.6. The van der Waals surface area contributed by atoms with Gasteiger partial charge in [0.15, 0.2) is 11.0 Å². The molecule has 0 saturated heterocycles. The van der Waals surface area contributed by atoms with Gasteiger partial charge in [-0.05, 0) is 36.8 Å². The highest BCUT2D eigenvalue weighted by Gasteiger charge is 2.18. The van der Waals surface area contributed by atoms with E-state index in [0.29, 0.717) is 0 Å². The summed E-state index contributed by atoms with van der Waals surface area (Å²) in [4.78, 5) is 3.28. The van der Waals surface area contributed by atoms with E-state index in [1.54, 1.807) is 23.9 Å². The van der Waals surface area contributed by atoms with Crippen LogP contribution in [-0.4, -0.2) is 25.5 Å². The Morgan fingerprint density at radius 3 is 2.68 bits per heavy atom. The van der Waals surface area contributed by atoms with Crippen molar-refractivity contribution in [3.05, 3.63) is 60.5 Å². The van der Waals surface area contributed by atoms with Crippen LogP contribution in [0.25, 0.3) is 28.0 Å². The Balaban J connectivity index is 1.90. The van der Waals surface area contributed by atoms with Gasteiger partial charge < -0.3 is 4.98 Å². The van der Waals surface area contributed by atoms with Crippen molar-refractivity contribution in [2.75, 3.05) is 5.75 Å². The molecular weight excluding hydrogens is 335 g/mol. The number of nitrogens with zero attached hydrogens (tertiary/aromatic N) is 3. The van der Waals surface area contributed by atoms with Gasteiger partial charge in [0.2, 0.25) is 0 Å². The van der Waals surface area contributed by atoms with Crippen molar-refractivity contribution in [2.24, 2.45) is 0 Å². The third-order valence-corrected chi connectivity index (χ3v) is 5.12. The van der Waals surface area contributed by atoms with E-state index < -0.39 is 0 Å². The molecule has 126 valence electrons. The van der Waals surface area contributed by atoms with Crippen LogP contribution in [0.4, 0.5) is 4.39 Å². The second-order valence-corrected chi connectivity index (χ2v) is 6.78. The number of hydrogen-bond acceptors (Lipinski definition) is 3. The number of H-pyrrole nitrogens is 1.